The van der Waals surface area contributed by atoms with Crippen molar-refractivity contribution in [3.8, 4) is 5.82 Å². The number of nitrogens with one attached hydrogen (secondary N) is 2. The van der Waals surface area contributed by atoms with Crippen LogP contribution in [0.25, 0.3) is 16.7 Å². The number of aliphatic hydroxyl groups excluding tert-OH is 1. The van der Waals surface area contributed by atoms with Crippen LogP contribution in [0.15, 0.2) is 36.7 Å². The number of fused-ring (bicyclic) bond motifs is 1. The van der Waals surface area contributed by atoms with Crippen LogP contribution in [0.5, 0.6) is 0 Å². The number of anilines is 1. The molecule has 3 aromatic rings. The number of aromatic nitrogens is 4. The summed E-state index contributed by atoms with van der Waals surface area (Å²) in [7, 11) is 0. The Labute approximate surface area is 164 Å². The normalized spacial score (nSPS) is 20.9. The van der Waals surface area contributed by atoms with Crippen molar-refractivity contribution in [1.82, 2.24) is 24.5 Å². The third kappa shape index (κ3) is 4.36. The molecule has 0 spiro atoms. The molecule has 10 heteroatoms. The second-order valence-corrected chi connectivity index (χ2v) is 7.65. The lowest BCUT2D eigenvalue weighted by Crippen LogP contribution is -2.29. The number of hydrogen-bond donors (Lipinski definition) is 3. The number of nitrogens with zero attached hydrogens (tertiary/aromatic N) is 4. The van der Waals surface area contributed by atoms with Gasteiger partial charge < -0.3 is 15.0 Å². The monoisotopic (exact) mass is 401 g/mol. The predicted molar refractivity (Wildman–Crippen MR) is 104 cm³/mol. The molecule has 0 radical (unpaired) electrons. The minimum absolute atomic E-state index is 0.205. The Kier molecular flexibility index (Phi) is 5.62. The van der Waals surface area contributed by atoms with Gasteiger partial charge in [0.1, 0.15) is 0 Å². The maximum atomic E-state index is 10.7. The third-order valence-electron chi connectivity index (χ3n) is 4.92. The highest BCUT2D eigenvalue weighted by molar-refractivity contribution is 7.77. The number of benzene rings is 1. The van der Waals surface area contributed by atoms with Gasteiger partial charge in [0.2, 0.25) is 5.95 Å². The summed E-state index contributed by atoms with van der Waals surface area (Å²) in [6, 6.07) is 7.68. The van der Waals surface area contributed by atoms with Crippen LogP contribution < -0.4 is 10.0 Å². The summed E-state index contributed by atoms with van der Waals surface area (Å²) in [4.78, 5) is 8.89. The maximum absolute atomic E-state index is 10.7. The predicted octanol–water partition coefficient (Wildman–Crippen LogP) is 1.41. The SMILES string of the molecule is O=S([O-])NCc1ccc2cnn(-c3ccnc(NC4CCC(O)CC4)n3)c2c1. The van der Waals surface area contributed by atoms with Gasteiger partial charge in [-0.3, -0.25) is 4.21 Å². The van der Waals surface area contributed by atoms with Crippen molar-refractivity contribution in [2.45, 2.75) is 44.4 Å². The maximum Gasteiger partial charge on any atom is 0.224 e. The summed E-state index contributed by atoms with van der Waals surface area (Å²) in [6.45, 7) is 0.210. The minimum atomic E-state index is -2.31. The van der Waals surface area contributed by atoms with Crippen molar-refractivity contribution in [2.24, 2.45) is 0 Å². The first-order valence-electron chi connectivity index (χ1n) is 9.16. The fourth-order valence-corrected chi connectivity index (χ4v) is 3.72. The Morgan fingerprint density at radius 2 is 2.07 bits per heavy atom. The fourth-order valence-electron chi connectivity index (χ4n) is 3.44. The number of aliphatic hydroxyl groups is 1. The standard InChI is InChI=1S/C18H22N6O3S/c25-15-5-3-14(4-6-15)22-18-19-8-7-17(23-18)24-16-9-12(10-21-28(26)27)1-2-13(16)11-20-24/h1-2,7-9,11,14-15,21,25H,3-6,10H2,(H,26,27)(H,19,22,23)/p-1. The van der Waals surface area contributed by atoms with Crippen molar-refractivity contribution < 1.29 is 13.9 Å². The number of hydrogen-bond acceptors (Lipinski definition) is 7. The fraction of sp³-hybridized carbons (Fsp3) is 0.389. The second kappa shape index (κ2) is 8.31. The van der Waals surface area contributed by atoms with Crippen LogP contribution in [0, 0.1) is 0 Å². The summed E-state index contributed by atoms with van der Waals surface area (Å²) in [5.41, 5.74) is 1.66. The molecule has 1 aliphatic carbocycles. The Morgan fingerprint density at radius 3 is 2.86 bits per heavy atom. The molecule has 4 rings (SSSR count). The average Bonchev–Trinajstić information content (AvgIpc) is 3.12. The van der Waals surface area contributed by atoms with Crippen molar-refractivity contribution >= 4 is 28.1 Å². The highest BCUT2D eigenvalue weighted by atomic mass is 32.2. The van der Waals surface area contributed by atoms with E-state index in [1.807, 2.05) is 18.2 Å². The Bertz CT molecular complexity index is 986. The van der Waals surface area contributed by atoms with Crippen LogP contribution in [-0.4, -0.2) is 45.8 Å². The topological polar surface area (TPSA) is 128 Å². The third-order valence-corrected chi connectivity index (χ3v) is 5.30. The van der Waals surface area contributed by atoms with E-state index in [0.717, 1.165) is 42.1 Å². The number of rotatable bonds is 6. The van der Waals surface area contributed by atoms with Gasteiger partial charge in [-0.05, 0) is 37.3 Å². The van der Waals surface area contributed by atoms with Gasteiger partial charge >= 0.3 is 0 Å². The molecule has 1 aliphatic rings. The van der Waals surface area contributed by atoms with E-state index in [9.17, 15) is 13.9 Å². The molecule has 0 saturated heterocycles. The minimum Gasteiger partial charge on any atom is -0.760 e. The summed E-state index contributed by atoms with van der Waals surface area (Å²) < 4.78 is 25.5. The first kappa shape index (κ1) is 18.9. The summed E-state index contributed by atoms with van der Waals surface area (Å²) >= 11 is -2.31. The molecule has 0 amide bonds. The molecular formula is C18H21N6O3S-. The molecule has 1 fully saturated rings. The van der Waals surface area contributed by atoms with Gasteiger partial charge in [-0.15, -0.1) is 0 Å². The lowest BCUT2D eigenvalue weighted by atomic mass is 9.93. The van der Waals surface area contributed by atoms with Gasteiger partial charge in [-0.1, -0.05) is 12.1 Å². The van der Waals surface area contributed by atoms with Crippen molar-refractivity contribution in [2.75, 3.05) is 5.32 Å². The van der Waals surface area contributed by atoms with Crippen LogP contribution in [0.1, 0.15) is 31.2 Å². The molecule has 3 N–H and O–H groups in total. The molecule has 148 valence electrons. The van der Waals surface area contributed by atoms with Gasteiger partial charge in [0.25, 0.3) is 0 Å². The Hall–Kier alpha value is -2.40. The zero-order valence-corrected chi connectivity index (χ0v) is 15.9. The quantitative estimate of drug-likeness (QED) is 0.533. The first-order valence-corrected chi connectivity index (χ1v) is 10.2. The summed E-state index contributed by atoms with van der Waals surface area (Å²) in [6.07, 6.45) is 6.56. The average molecular weight is 401 g/mol. The lowest BCUT2D eigenvalue weighted by Gasteiger charge is -2.26. The van der Waals surface area contributed by atoms with Crippen LogP contribution in [0.4, 0.5) is 5.95 Å². The van der Waals surface area contributed by atoms with E-state index in [1.165, 1.54) is 0 Å². The van der Waals surface area contributed by atoms with E-state index < -0.39 is 11.3 Å². The van der Waals surface area contributed by atoms with Crippen LogP contribution in [-0.2, 0) is 17.8 Å². The lowest BCUT2D eigenvalue weighted by molar-refractivity contribution is 0.126. The Balaban J connectivity index is 1.57. The molecule has 1 unspecified atom stereocenters. The summed E-state index contributed by atoms with van der Waals surface area (Å²) in [5, 5.41) is 18.3. The van der Waals surface area contributed by atoms with E-state index in [0.29, 0.717) is 11.8 Å². The molecule has 1 saturated carbocycles. The molecular weight excluding hydrogens is 380 g/mol. The van der Waals surface area contributed by atoms with E-state index in [2.05, 4.69) is 25.1 Å². The van der Waals surface area contributed by atoms with Gasteiger partial charge in [-0.2, -0.15) is 10.1 Å². The molecule has 0 bridgehead atoms. The smallest absolute Gasteiger partial charge is 0.224 e. The zero-order chi connectivity index (χ0) is 19.5. The highest BCUT2D eigenvalue weighted by Crippen LogP contribution is 2.22. The zero-order valence-electron chi connectivity index (χ0n) is 15.1. The molecule has 2 aromatic heterocycles. The van der Waals surface area contributed by atoms with E-state index in [4.69, 9.17) is 0 Å². The van der Waals surface area contributed by atoms with Gasteiger partial charge in [0.15, 0.2) is 5.82 Å². The second-order valence-electron chi connectivity index (χ2n) is 6.89. The Morgan fingerprint density at radius 1 is 1.25 bits per heavy atom. The van der Waals surface area contributed by atoms with E-state index in [1.54, 1.807) is 23.1 Å². The largest absolute Gasteiger partial charge is 0.760 e. The van der Waals surface area contributed by atoms with Crippen LogP contribution in [0.2, 0.25) is 0 Å². The highest BCUT2D eigenvalue weighted by Gasteiger charge is 2.20. The molecule has 9 nitrogen and oxygen atoms in total. The van der Waals surface area contributed by atoms with Crippen molar-refractivity contribution in [3.05, 3.63) is 42.2 Å². The van der Waals surface area contributed by atoms with E-state index in [-0.39, 0.29) is 18.7 Å². The van der Waals surface area contributed by atoms with Crippen molar-refractivity contribution in [1.29, 1.82) is 0 Å². The van der Waals surface area contributed by atoms with Crippen molar-refractivity contribution in [3.63, 3.8) is 0 Å². The molecule has 0 aliphatic heterocycles. The van der Waals surface area contributed by atoms with Gasteiger partial charge in [0, 0.05) is 41.5 Å². The van der Waals surface area contributed by atoms with Gasteiger partial charge in [0.05, 0.1) is 17.8 Å². The van der Waals surface area contributed by atoms with E-state index >= 15 is 0 Å². The van der Waals surface area contributed by atoms with Crippen LogP contribution in [0.3, 0.4) is 0 Å². The van der Waals surface area contributed by atoms with Gasteiger partial charge in [-0.25, -0.2) is 14.4 Å². The molecule has 1 aromatic carbocycles. The summed E-state index contributed by atoms with van der Waals surface area (Å²) in [5.74, 6) is 1.16. The first-order chi connectivity index (χ1) is 13.6. The molecule has 1 atom stereocenters. The molecule has 2 heterocycles. The molecule has 28 heavy (non-hydrogen) atoms. The van der Waals surface area contributed by atoms with Crippen LogP contribution >= 0.6 is 0 Å².